The summed E-state index contributed by atoms with van der Waals surface area (Å²) >= 11 is 0.869. The van der Waals surface area contributed by atoms with Crippen LogP contribution in [0.25, 0.3) is 0 Å². The number of nitro groups is 1. The number of nitro benzene ring substituents is 1. The second-order valence-corrected chi connectivity index (χ2v) is 4.93. The van der Waals surface area contributed by atoms with Crippen molar-refractivity contribution in [3.8, 4) is 0 Å². The zero-order valence-electron chi connectivity index (χ0n) is 13.0. The van der Waals surface area contributed by atoms with Crippen molar-refractivity contribution < 1.29 is 24.7 Å². The number of thioether (sulfide) groups is 1. The molecule has 0 radical (unpaired) electrons. The highest BCUT2D eigenvalue weighted by Crippen LogP contribution is 2.35. The predicted molar refractivity (Wildman–Crippen MR) is 91.8 cm³/mol. The Hall–Kier alpha value is -2.78. The van der Waals surface area contributed by atoms with Crippen molar-refractivity contribution in [2.45, 2.75) is 4.90 Å². The SMILES string of the molecule is C=C/C=C(/Sc1ccc(C=O)cc1[N+](=O)[O-])C(=NC)C(=O)O.CO. The van der Waals surface area contributed by atoms with Crippen LogP contribution in [0, 0.1) is 10.1 Å². The van der Waals surface area contributed by atoms with Crippen LogP contribution in [-0.4, -0.2) is 47.3 Å². The lowest BCUT2D eigenvalue weighted by Gasteiger charge is -2.07. The van der Waals surface area contributed by atoms with Crippen molar-refractivity contribution in [2.24, 2.45) is 4.99 Å². The van der Waals surface area contributed by atoms with Crippen LogP contribution in [0.4, 0.5) is 5.69 Å². The lowest BCUT2D eigenvalue weighted by Crippen LogP contribution is -2.14. The van der Waals surface area contributed by atoms with Gasteiger partial charge in [0.25, 0.3) is 5.69 Å². The van der Waals surface area contributed by atoms with Gasteiger partial charge in [0, 0.05) is 30.7 Å². The van der Waals surface area contributed by atoms with Gasteiger partial charge in [0.15, 0.2) is 5.71 Å². The van der Waals surface area contributed by atoms with Gasteiger partial charge in [0.05, 0.1) is 9.82 Å². The number of carboxylic acid groups (broad SMARTS) is 1. The number of aliphatic hydroxyl groups is 1. The maximum Gasteiger partial charge on any atom is 0.355 e. The minimum Gasteiger partial charge on any atom is -0.476 e. The number of allylic oxidation sites excluding steroid dienone is 2. The summed E-state index contributed by atoms with van der Waals surface area (Å²) in [4.78, 5) is 36.4. The molecule has 0 bridgehead atoms. The third-order valence-electron chi connectivity index (χ3n) is 2.46. The number of hydrogen-bond acceptors (Lipinski definition) is 7. The van der Waals surface area contributed by atoms with Crippen LogP contribution in [0.3, 0.4) is 0 Å². The van der Waals surface area contributed by atoms with E-state index in [2.05, 4.69) is 11.6 Å². The zero-order valence-corrected chi connectivity index (χ0v) is 13.8. The molecule has 0 aromatic heterocycles. The van der Waals surface area contributed by atoms with E-state index in [1.807, 2.05) is 0 Å². The third-order valence-corrected chi connectivity index (χ3v) is 3.58. The Morgan fingerprint density at radius 3 is 2.46 bits per heavy atom. The summed E-state index contributed by atoms with van der Waals surface area (Å²) in [5.74, 6) is -1.25. The van der Waals surface area contributed by atoms with E-state index < -0.39 is 10.9 Å². The molecule has 0 aliphatic rings. The number of rotatable bonds is 7. The average Bonchev–Trinajstić information content (AvgIpc) is 2.57. The van der Waals surface area contributed by atoms with Crippen molar-refractivity contribution in [3.63, 3.8) is 0 Å². The molecule has 0 aliphatic carbocycles. The summed E-state index contributed by atoms with van der Waals surface area (Å²) in [7, 11) is 2.31. The largest absolute Gasteiger partial charge is 0.476 e. The van der Waals surface area contributed by atoms with E-state index in [1.165, 1.54) is 31.3 Å². The van der Waals surface area contributed by atoms with Gasteiger partial charge in [-0.15, -0.1) is 0 Å². The van der Waals surface area contributed by atoms with Gasteiger partial charge >= 0.3 is 5.97 Å². The molecule has 24 heavy (non-hydrogen) atoms. The highest BCUT2D eigenvalue weighted by Gasteiger charge is 2.21. The number of aliphatic imine (C=N–C) groups is 1. The van der Waals surface area contributed by atoms with Crippen molar-refractivity contribution in [1.82, 2.24) is 0 Å². The zero-order chi connectivity index (χ0) is 18.7. The van der Waals surface area contributed by atoms with Crippen LogP contribution >= 0.6 is 11.8 Å². The number of aldehydes is 1. The second-order valence-electron chi connectivity index (χ2n) is 3.85. The lowest BCUT2D eigenvalue weighted by atomic mass is 10.2. The monoisotopic (exact) mass is 352 g/mol. The number of benzene rings is 1. The summed E-state index contributed by atoms with van der Waals surface area (Å²) in [6.07, 6.45) is 3.26. The van der Waals surface area contributed by atoms with Gasteiger partial charge in [-0.3, -0.25) is 19.9 Å². The fourth-order valence-electron chi connectivity index (χ4n) is 1.53. The van der Waals surface area contributed by atoms with Crippen LogP contribution in [0.15, 0.2) is 51.7 Å². The first kappa shape index (κ1) is 21.2. The predicted octanol–water partition coefficient (Wildman–Crippen LogP) is 2.33. The Labute approximate surface area is 142 Å². The number of carboxylic acids is 1. The summed E-state index contributed by atoms with van der Waals surface area (Å²) < 4.78 is 0. The van der Waals surface area contributed by atoms with Gasteiger partial charge in [-0.05, 0) is 12.1 Å². The fraction of sp³-hybridized carbons (Fsp3) is 0.133. The number of nitrogens with zero attached hydrogens (tertiary/aromatic N) is 2. The van der Waals surface area contributed by atoms with E-state index in [-0.39, 0.29) is 26.8 Å². The van der Waals surface area contributed by atoms with E-state index >= 15 is 0 Å². The molecule has 128 valence electrons. The van der Waals surface area contributed by atoms with Crippen LogP contribution in [0.2, 0.25) is 0 Å². The molecule has 2 N–H and O–H groups in total. The first-order chi connectivity index (χ1) is 11.4. The third kappa shape index (κ3) is 5.78. The number of carbonyl (C=O) groups excluding carboxylic acids is 1. The molecule has 0 amide bonds. The van der Waals surface area contributed by atoms with Crippen molar-refractivity contribution in [2.75, 3.05) is 14.2 Å². The van der Waals surface area contributed by atoms with E-state index in [0.29, 0.717) is 6.29 Å². The van der Waals surface area contributed by atoms with Crippen LogP contribution < -0.4 is 0 Å². The van der Waals surface area contributed by atoms with Gasteiger partial charge in [0.1, 0.15) is 6.29 Å². The van der Waals surface area contributed by atoms with Crippen molar-refractivity contribution >= 4 is 35.4 Å². The number of aliphatic carboxylic acids is 1. The first-order valence-corrected chi connectivity index (χ1v) is 7.15. The molecule has 0 unspecified atom stereocenters. The Balaban J connectivity index is 0.00000254. The topological polar surface area (TPSA) is 130 Å². The smallest absolute Gasteiger partial charge is 0.355 e. The molecular weight excluding hydrogens is 336 g/mol. The molecule has 0 saturated carbocycles. The van der Waals surface area contributed by atoms with Crippen LogP contribution in [0.1, 0.15) is 10.4 Å². The standard InChI is InChI=1S/C14H12N2O5S.CH4O/c1-3-4-12(13(15-2)14(18)19)22-11-6-5-9(8-17)7-10(11)16(20)21;1-2/h3-8H,1H2,2H3,(H,18,19);2H,1H3/b12-4+,15-13?;. The molecule has 9 heteroatoms. The second kappa shape index (κ2) is 10.9. The van der Waals surface area contributed by atoms with Crippen LogP contribution in [-0.2, 0) is 4.79 Å². The molecule has 0 spiro atoms. The summed E-state index contributed by atoms with van der Waals surface area (Å²) in [5, 5.41) is 27.2. The Kier molecular flexibility index (Phi) is 9.61. The first-order valence-electron chi connectivity index (χ1n) is 6.34. The molecule has 8 nitrogen and oxygen atoms in total. The van der Waals surface area contributed by atoms with Gasteiger partial charge in [-0.2, -0.15) is 0 Å². The molecular formula is C15H16N2O6S. The van der Waals surface area contributed by atoms with E-state index in [0.717, 1.165) is 24.9 Å². The highest BCUT2D eigenvalue weighted by molar-refractivity contribution is 8.04. The molecule has 1 aromatic carbocycles. The molecule has 0 saturated heterocycles. The molecule has 0 atom stereocenters. The van der Waals surface area contributed by atoms with Gasteiger partial charge in [0.2, 0.25) is 0 Å². The summed E-state index contributed by atoms with van der Waals surface area (Å²) in [5.41, 5.74) is -0.364. The summed E-state index contributed by atoms with van der Waals surface area (Å²) in [6, 6.07) is 3.93. The van der Waals surface area contributed by atoms with E-state index in [1.54, 1.807) is 0 Å². The molecule has 0 heterocycles. The van der Waals surface area contributed by atoms with Gasteiger partial charge < -0.3 is 10.2 Å². The van der Waals surface area contributed by atoms with Gasteiger partial charge in [-0.1, -0.05) is 30.5 Å². The normalized spacial score (nSPS) is 11.1. The number of aliphatic hydroxyl groups excluding tert-OH is 1. The number of hydrogen-bond donors (Lipinski definition) is 2. The van der Waals surface area contributed by atoms with E-state index in [4.69, 9.17) is 10.2 Å². The van der Waals surface area contributed by atoms with Crippen molar-refractivity contribution in [3.05, 3.63) is 57.5 Å². The summed E-state index contributed by atoms with van der Waals surface area (Å²) in [6.45, 7) is 3.49. The maximum atomic E-state index is 11.2. The van der Waals surface area contributed by atoms with Crippen molar-refractivity contribution in [1.29, 1.82) is 0 Å². The Bertz CT molecular complexity index is 697. The minimum absolute atomic E-state index is 0.160. The quantitative estimate of drug-likeness (QED) is 0.192. The average molecular weight is 352 g/mol. The Morgan fingerprint density at radius 2 is 2.04 bits per heavy atom. The minimum atomic E-state index is -1.25. The van der Waals surface area contributed by atoms with Gasteiger partial charge in [-0.25, -0.2) is 4.79 Å². The maximum absolute atomic E-state index is 11.2. The fourth-order valence-corrected chi connectivity index (χ4v) is 2.59. The van der Waals surface area contributed by atoms with Crippen LogP contribution in [0.5, 0.6) is 0 Å². The van der Waals surface area contributed by atoms with E-state index in [9.17, 15) is 19.7 Å². The molecule has 0 aliphatic heterocycles. The molecule has 0 fully saturated rings. The Morgan fingerprint density at radius 1 is 1.42 bits per heavy atom. The number of carbonyl (C=O) groups is 2. The molecule has 1 rings (SSSR count). The highest BCUT2D eigenvalue weighted by atomic mass is 32.2. The molecule has 1 aromatic rings. The lowest BCUT2D eigenvalue weighted by molar-refractivity contribution is -0.387.